The first kappa shape index (κ1) is 21.9. The molecule has 1 amide bonds. The standard InChI is InChI=1S/C20H15BrN2O3S.ClH/c21-15-4-5-18(17(11-15)20(25)26)23-19(24)14-2-1-3-16(10-14)27-12-13-6-8-22-9-7-13;/h1-11H,12H2,(H,23,24)(H,25,26);1H. The number of anilines is 1. The van der Waals surface area contributed by atoms with E-state index in [-0.39, 0.29) is 29.6 Å². The molecule has 144 valence electrons. The largest absolute Gasteiger partial charge is 0.478 e. The fourth-order valence-corrected chi connectivity index (χ4v) is 3.64. The Labute approximate surface area is 181 Å². The lowest BCUT2D eigenvalue weighted by Gasteiger charge is -2.10. The second-order valence-corrected chi connectivity index (χ2v) is 7.59. The summed E-state index contributed by atoms with van der Waals surface area (Å²) in [5.74, 6) is -0.692. The summed E-state index contributed by atoms with van der Waals surface area (Å²) in [5.41, 5.74) is 1.89. The van der Waals surface area contributed by atoms with Crippen LogP contribution in [0.5, 0.6) is 0 Å². The number of carbonyl (C=O) groups is 2. The molecule has 0 aliphatic rings. The zero-order valence-electron chi connectivity index (χ0n) is 14.5. The van der Waals surface area contributed by atoms with E-state index < -0.39 is 5.97 Å². The molecule has 8 heteroatoms. The molecule has 0 aliphatic carbocycles. The van der Waals surface area contributed by atoms with Crippen LogP contribution in [0, 0.1) is 0 Å². The predicted octanol–water partition coefficient (Wildman–Crippen LogP) is 5.51. The molecule has 0 spiro atoms. The number of hydrogen-bond donors (Lipinski definition) is 2. The summed E-state index contributed by atoms with van der Waals surface area (Å²) in [5, 5.41) is 12.0. The number of aromatic nitrogens is 1. The average Bonchev–Trinajstić information content (AvgIpc) is 2.68. The summed E-state index contributed by atoms with van der Waals surface area (Å²) in [6.45, 7) is 0. The molecule has 5 nitrogen and oxygen atoms in total. The Morgan fingerprint density at radius 3 is 2.54 bits per heavy atom. The summed E-state index contributed by atoms with van der Waals surface area (Å²) in [7, 11) is 0. The van der Waals surface area contributed by atoms with E-state index in [1.54, 1.807) is 48.4 Å². The van der Waals surface area contributed by atoms with E-state index in [4.69, 9.17) is 0 Å². The fraction of sp³-hybridized carbons (Fsp3) is 0.0500. The number of halogens is 2. The highest BCUT2D eigenvalue weighted by atomic mass is 79.9. The molecular weight excluding hydrogens is 464 g/mol. The second kappa shape index (κ2) is 10.3. The number of carboxylic acids is 1. The number of nitrogens with one attached hydrogen (secondary N) is 1. The number of thioether (sulfide) groups is 1. The van der Waals surface area contributed by atoms with Crippen molar-refractivity contribution in [1.29, 1.82) is 0 Å². The van der Waals surface area contributed by atoms with Gasteiger partial charge in [0.1, 0.15) is 0 Å². The van der Waals surface area contributed by atoms with Crippen LogP contribution in [-0.2, 0) is 5.75 Å². The van der Waals surface area contributed by atoms with E-state index in [0.717, 1.165) is 16.2 Å². The van der Waals surface area contributed by atoms with Gasteiger partial charge in [-0.25, -0.2) is 4.79 Å². The van der Waals surface area contributed by atoms with Gasteiger partial charge >= 0.3 is 5.97 Å². The van der Waals surface area contributed by atoms with Crippen LogP contribution in [0.2, 0.25) is 0 Å². The van der Waals surface area contributed by atoms with Gasteiger partial charge in [0.25, 0.3) is 5.91 Å². The third-order valence-electron chi connectivity index (χ3n) is 3.71. The van der Waals surface area contributed by atoms with Gasteiger partial charge in [-0.05, 0) is 54.1 Å². The van der Waals surface area contributed by atoms with E-state index in [9.17, 15) is 14.7 Å². The Bertz CT molecular complexity index is 986. The van der Waals surface area contributed by atoms with Gasteiger partial charge in [-0.2, -0.15) is 0 Å². The smallest absolute Gasteiger partial charge is 0.337 e. The lowest BCUT2D eigenvalue weighted by molar-refractivity contribution is 0.0698. The molecule has 0 aliphatic heterocycles. The van der Waals surface area contributed by atoms with Crippen LogP contribution in [0.4, 0.5) is 5.69 Å². The molecule has 0 fully saturated rings. The summed E-state index contributed by atoms with van der Waals surface area (Å²) in [6.07, 6.45) is 3.50. The van der Waals surface area contributed by atoms with Crippen molar-refractivity contribution in [2.45, 2.75) is 10.6 Å². The molecule has 28 heavy (non-hydrogen) atoms. The number of benzene rings is 2. The lowest BCUT2D eigenvalue weighted by atomic mass is 10.1. The first-order chi connectivity index (χ1) is 13.0. The monoisotopic (exact) mass is 478 g/mol. The summed E-state index contributed by atoms with van der Waals surface area (Å²) < 4.78 is 0.632. The number of hydrogen-bond acceptors (Lipinski definition) is 4. The number of nitrogens with zero attached hydrogens (tertiary/aromatic N) is 1. The average molecular weight is 480 g/mol. The number of pyridine rings is 1. The molecule has 0 unspecified atom stereocenters. The van der Waals surface area contributed by atoms with Gasteiger partial charge in [0, 0.05) is 33.1 Å². The van der Waals surface area contributed by atoms with Gasteiger partial charge in [-0.3, -0.25) is 9.78 Å². The molecule has 0 radical (unpaired) electrons. The number of carbonyl (C=O) groups excluding carboxylic acids is 1. The van der Waals surface area contributed by atoms with Crippen LogP contribution in [0.25, 0.3) is 0 Å². The number of amides is 1. The maximum atomic E-state index is 12.6. The highest BCUT2D eigenvalue weighted by molar-refractivity contribution is 9.10. The fourth-order valence-electron chi connectivity index (χ4n) is 2.37. The molecule has 2 N–H and O–H groups in total. The van der Waals surface area contributed by atoms with Gasteiger partial charge in [0.05, 0.1) is 11.3 Å². The highest BCUT2D eigenvalue weighted by Gasteiger charge is 2.14. The topological polar surface area (TPSA) is 79.3 Å². The molecule has 0 saturated carbocycles. The predicted molar refractivity (Wildman–Crippen MR) is 117 cm³/mol. The van der Waals surface area contributed by atoms with E-state index in [1.807, 2.05) is 24.3 Å². The third kappa shape index (κ3) is 5.82. The van der Waals surface area contributed by atoms with Crippen LogP contribution in [-0.4, -0.2) is 22.0 Å². The Kier molecular flexibility index (Phi) is 8.04. The van der Waals surface area contributed by atoms with Crippen LogP contribution in [0.15, 0.2) is 76.4 Å². The Hall–Kier alpha value is -2.35. The summed E-state index contributed by atoms with van der Waals surface area (Å²) >= 11 is 4.85. The Balaban J connectivity index is 0.00000280. The lowest BCUT2D eigenvalue weighted by Crippen LogP contribution is -2.14. The van der Waals surface area contributed by atoms with Gasteiger partial charge < -0.3 is 10.4 Å². The van der Waals surface area contributed by atoms with Crippen LogP contribution < -0.4 is 5.32 Å². The number of rotatable bonds is 6. The van der Waals surface area contributed by atoms with Crippen LogP contribution in [0.1, 0.15) is 26.3 Å². The van der Waals surface area contributed by atoms with Crippen molar-refractivity contribution in [2.24, 2.45) is 0 Å². The number of aromatic carboxylic acids is 1. The Morgan fingerprint density at radius 2 is 1.82 bits per heavy atom. The minimum atomic E-state index is -1.10. The molecule has 0 saturated heterocycles. The molecule has 3 aromatic rings. The summed E-state index contributed by atoms with van der Waals surface area (Å²) in [6, 6.07) is 15.8. The molecule has 0 bridgehead atoms. The van der Waals surface area contributed by atoms with Gasteiger partial charge in [-0.15, -0.1) is 24.2 Å². The van der Waals surface area contributed by atoms with Gasteiger partial charge in [0.2, 0.25) is 0 Å². The van der Waals surface area contributed by atoms with Crippen molar-refractivity contribution in [1.82, 2.24) is 4.98 Å². The Morgan fingerprint density at radius 1 is 1.07 bits per heavy atom. The molecular formula is C20H16BrClN2O3S. The maximum Gasteiger partial charge on any atom is 0.337 e. The summed E-state index contributed by atoms with van der Waals surface area (Å²) in [4.78, 5) is 28.9. The normalized spacial score (nSPS) is 10.0. The highest BCUT2D eigenvalue weighted by Crippen LogP contribution is 2.25. The van der Waals surface area contributed by atoms with Crippen molar-refractivity contribution in [3.8, 4) is 0 Å². The molecule has 2 aromatic carbocycles. The van der Waals surface area contributed by atoms with E-state index in [2.05, 4.69) is 26.2 Å². The van der Waals surface area contributed by atoms with Crippen molar-refractivity contribution in [3.63, 3.8) is 0 Å². The van der Waals surface area contributed by atoms with Crippen LogP contribution in [0.3, 0.4) is 0 Å². The third-order valence-corrected chi connectivity index (χ3v) is 5.27. The van der Waals surface area contributed by atoms with Gasteiger partial charge in [-0.1, -0.05) is 22.0 Å². The molecule has 1 heterocycles. The van der Waals surface area contributed by atoms with Crippen molar-refractivity contribution in [2.75, 3.05) is 5.32 Å². The SMILES string of the molecule is Cl.O=C(Nc1ccc(Br)cc1C(=O)O)c1cccc(SCc2ccncc2)c1. The minimum Gasteiger partial charge on any atom is -0.478 e. The van der Waals surface area contributed by atoms with Crippen molar-refractivity contribution in [3.05, 3.63) is 88.2 Å². The quantitative estimate of drug-likeness (QED) is 0.456. The van der Waals surface area contributed by atoms with E-state index in [1.165, 1.54) is 6.07 Å². The van der Waals surface area contributed by atoms with E-state index in [0.29, 0.717) is 10.0 Å². The van der Waals surface area contributed by atoms with Crippen molar-refractivity contribution < 1.29 is 14.7 Å². The second-order valence-electron chi connectivity index (χ2n) is 5.62. The van der Waals surface area contributed by atoms with E-state index >= 15 is 0 Å². The number of carboxylic acid groups (broad SMARTS) is 1. The van der Waals surface area contributed by atoms with Crippen LogP contribution >= 0.6 is 40.1 Å². The molecule has 1 aromatic heterocycles. The van der Waals surface area contributed by atoms with Crippen molar-refractivity contribution >= 4 is 57.7 Å². The first-order valence-electron chi connectivity index (χ1n) is 7.99. The molecule has 3 rings (SSSR count). The van der Waals surface area contributed by atoms with Gasteiger partial charge in [0.15, 0.2) is 0 Å². The maximum absolute atomic E-state index is 12.6. The molecule has 0 atom stereocenters. The zero-order valence-corrected chi connectivity index (χ0v) is 17.7. The minimum absolute atomic E-state index is 0. The zero-order chi connectivity index (χ0) is 19.2. The first-order valence-corrected chi connectivity index (χ1v) is 9.77.